The summed E-state index contributed by atoms with van der Waals surface area (Å²) in [6.07, 6.45) is 1.15. The molecule has 0 aliphatic heterocycles. The zero-order valence-electron chi connectivity index (χ0n) is 14.0. The van der Waals surface area contributed by atoms with E-state index in [9.17, 15) is 0 Å². The Labute approximate surface area is 124 Å². The van der Waals surface area contributed by atoms with E-state index in [2.05, 4.69) is 63.9 Å². The SMILES string of the molecule is CCCN(c1cc(CNCC)cc(C(C)C)n1)C(C)C. The lowest BCUT2D eigenvalue weighted by molar-refractivity contribution is 0.654. The van der Waals surface area contributed by atoms with Gasteiger partial charge in [0.05, 0.1) is 0 Å². The van der Waals surface area contributed by atoms with Crippen molar-refractivity contribution in [2.45, 2.75) is 66.5 Å². The number of hydrogen-bond donors (Lipinski definition) is 1. The Morgan fingerprint density at radius 1 is 1.15 bits per heavy atom. The Bertz CT molecular complexity index is 399. The van der Waals surface area contributed by atoms with Gasteiger partial charge in [0.1, 0.15) is 5.82 Å². The average Bonchev–Trinajstić information content (AvgIpc) is 2.41. The molecule has 3 heteroatoms. The molecule has 1 aromatic heterocycles. The second kappa shape index (κ2) is 8.25. The van der Waals surface area contributed by atoms with Crippen molar-refractivity contribution in [3.63, 3.8) is 0 Å². The van der Waals surface area contributed by atoms with Gasteiger partial charge in [-0.15, -0.1) is 0 Å². The minimum absolute atomic E-state index is 0.464. The molecule has 0 spiro atoms. The van der Waals surface area contributed by atoms with Crippen molar-refractivity contribution in [3.8, 4) is 0 Å². The van der Waals surface area contributed by atoms with Gasteiger partial charge in [-0.05, 0) is 50.4 Å². The van der Waals surface area contributed by atoms with Crippen LogP contribution in [0.4, 0.5) is 5.82 Å². The van der Waals surface area contributed by atoms with Crippen LogP contribution in [0.1, 0.15) is 65.1 Å². The Kier molecular flexibility index (Phi) is 7.00. The molecule has 0 atom stereocenters. The highest BCUT2D eigenvalue weighted by Crippen LogP contribution is 2.22. The van der Waals surface area contributed by atoms with Crippen LogP contribution in [-0.2, 0) is 6.54 Å². The average molecular weight is 277 g/mol. The van der Waals surface area contributed by atoms with Gasteiger partial charge in [0.2, 0.25) is 0 Å². The summed E-state index contributed by atoms with van der Waals surface area (Å²) in [5, 5.41) is 3.41. The predicted molar refractivity (Wildman–Crippen MR) is 88.5 cm³/mol. The summed E-state index contributed by atoms with van der Waals surface area (Å²) in [5.74, 6) is 1.59. The molecule has 114 valence electrons. The quantitative estimate of drug-likeness (QED) is 0.780. The molecule has 0 bridgehead atoms. The van der Waals surface area contributed by atoms with E-state index in [1.54, 1.807) is 0 Å². The lowest BCUT2D eigenvalue weighted by Gasteiger charge is -2.28. The molecule has 1 heterocycles. The van der Waals surface area contributed by atoms with E-state index in [1.165, 1.54) is 11.3 Å². The van der Waals surface area contributed by atoms with Crippen molar-refractivity contribution in [1.82, 2.24) is 10.3 Å². The van der Waals surface area contributed by atoms with E-state index in [1.807, 2.05) is 0 Å². The van der Waals surface area contributed by atoms with Gasteiger partial charge in [0, 0.05) is 24.8 Å². The van der Waals surface area contributed by atoms with Gasteiger partial charge < -0.3 is 10.2 Å². The number of nitrogens with zero attached hydrogens (tertiary/aromatic N) is 2. The van der Waals surface area contributed by atoms with E-state index in [4.69, 9.17) is 4.98 Å². The number of anilines is 1. The molecule has 0 aliphatic carbocycles. The number of rotatable bonds is 8. The Hall–Kier alpha value is -1.09. The molecule has 20 heavy (non-hydrogen) atoms. The summed E-state index contributed by atoms with van der Waals surface area (Å²) < 4.78 is 0. The lowest BCUT2D eigenvalue weighted by atomic mass is 10.1. The summed E-state index contributed by atoms with van der Waals surface area (Å²) in [4.78, 5) is 7.28. The summed E-state index contributed by atoms with van der Waals surface area (Å²) in [7, 11) is 0. The summed E-state index contributed by atoms with van der Waals surface area (Å²) in [5.41, 5.74) is 2.53. The second-order valence-corrected chi connectivity index (χ2v) is 5.98. The van der Waals surface area contributed by atoms with Crippen LogP contribution < -0.4 is 10.2 Å². The highest BCUT2D eigenvalue weighted by molar-refractivity contribution is 5.44. The molecule has 1 N–H and O–H groups in total. The number of aromatic nitrogens is 1. The molecule has 1 rings (SSSR count). The molecule has 0 saturated carbocycles. The van der Waals surface area contributed by atoms with Crippen LogP contribution >= 0.6 is 0 Å². The van der Waals surface area contributed by atoms with E-state index < -0.39 is 0 Å². The number of nitrogens with one attached hydrogen (secondary N) is 1. The fourth-order valence-corrected chi connectivity index (χ4v) is 2.29. The van der Waals surface area contributed by atoms with Crippen LogP contribution in [-0.4, -0.2) is 24.1 Å². The van der Waals surface area contributed by atoms with Gasteiger partial charge in [-0.3, -0.25) is 0 Å². The van der Waals surface area contributed by atoms with Gasteiger partial charge in [-0.25, -0.2) is 4.98 Å². The van der Waals surface area contributed by atoms with Crippen LogP contribution in [0, 0.1) is 0 Å². The molecule has 0 radical (unpaired) electrons. The van der Waals surface area contributed by atoms with Crippen molar-refractivity contribution in [1.29, 1.82) is 0 Å². The van der Waals surface area contributed by atoms with Crippen molar-refractivity contribution in [2.24, 2.45) is 0 Å². The molecule has 3 nitrogen and oxygen atoms in total. The minimum Gasteiger partial charge on any atom is -0.354 e. The first-order valence-electron chi connectivity index (χ1n) is 7.97. The van der Waals surface area contributed by atoms with E-state index in [0.29, 0.717) is 12.0 Å². The molecule has 1 aromatic rings. The highest BCUT2D eigenvalue weighted by Gasteiger charge is 2.14. The molecule has 0 aromatic carbocycles. The molecular formula is C17H31N3. The summed E-state index contributed by atoms with van der Waals surface area (Å²) in [6, 6.07) is 4.96. The van der Waals surface area contributed by atoms with Crippen LogP contribution in [0.15, 0.2) is 12.1 Å². The van der Waals surface area contributed by atoms with Crippen LogP contribution in [0.2, 0.25) is 0 Å². The van der Waals surface area contributed by atoms with Gasteiger partial charge in [-0.1, -0.05) is 27.7 Å². The largest absolute Gasteiger partial charge is 0.354 e. The molecule has 0 aliphatic rings. The van der Waals surface area contributed by atoms with Gasteiger partial charge >= 0.3 is 0 Å². The lowest BCUT2D eigenvalue weighted by Crippen LogP contribution is -2.32. The third-order valence-electron chi connectivity index (χ3n) is 3.44. The fourth-order valence-electron chi connectivity index (χ4n) is 2.29. The number of pyridine rings is 1. The van der Waals surface area contributed by atoms with Gasteiger partial charge in [0.15, 0.2) is 0 Å². The van der Waals surface area contributed by atoms with E-state index in [0.717, 1.165) is 31.9 Å². The fraction of sp³-hybridized carbons (Fsp3) is 0.706. The third-order valence-corrected chi connectivity index (χ3v) is 3.44. The summed E-state index contributed by atoms with van der Waals surface area (Å²) in [6.45, 7) is 16.2. The topological polar surface area (TPSA) is 28.2 Å². The van der Waals surface area contributed by atoms with E-state index >= 15 is 0 Å². The first kappa shape index (κ1) is 17.0. The maximum Gasteiger partial charge on any atom is 0.129 e. The zero-order chi connectivity index (χ0) is 15.1. The molecule has 0 fully saturated rings. The maximum absolute atomic E-state index is 4.88. The van der Waals surface area contributed by atoms with Crippen molar-refractivity contribution in [3.05, 3.63) is 23.4 Å². The third kappa shape index (κ3) is 4.78. The Morgan fingerprint density at radius 3 is 2.35 bits per heavy atom. The van der Waals surface area contributed by atoms with Crippen molar-refractivity contribution >= 4 is 5.82 Å². The second-order valence-electron chi connectivity index (χ2n) is 5.98. The normalized spacial score (nSPS) is 11.4. The monoisotopic (exact) mass is 277 g/mol. The predicted octanol–water partition coefficient (Wildman–Crippen LogP) is 3.94. The number of hydrogen-bond acceptors (Lipinski definition) is 3. The van der Waals surface area contributed by atoms with Crippen molar-refractivity contribution < 1.29 is 0 Å². The summed E-state index contributed by atoms with van der Waals surface area (Å²) >= 11 is 0. The maximum atomic E-state index is 4.88. The van der Waals surface area contributed by atoms with Crippen LogP contribution in [0.5, 0.6) is 0 Å². The first-order chi connectivity index (χ1) is 9.49. The molecule has 0 unspecified atom stereocenters. The van der Waals surface area contributed by atoms with Gasteiger partial charge in [-0.2, -0.15) is 0 Å². The molecular weight excluding hydrogens is 246 g/mol. The smallest absolute Gasteiger partial charge is 0.129 e. The standard InChI is InChI=1S/C17H31N3/c1-7-9-20(14(5)6)17-11-15(12-18-8-2)10-16(19-17)13(3)4/h10-11,13-14,18H,7-9,12H2,1-6H3. The van der Waals surface area contributed by atoms with Gasteiger partial charge in [0.25, 0.3) is 0 Å². The molecule has 0 amide bonds. The Balaban J connectivity index is 3.11. The highest BCUT2D eigenvalue weighted by atomic mass is 15.2. The minimum atomic E-state index is 0.464. The van der Waals surface area contributed by atoms with Crippen molar-refractivity contribution in [2.75, 3.05) is 18.0 Å². The Morgan fingerprint density at radius 2 is 1.85 bits per heavy atom. The zero-order valence-corrected chi connectivity index (χ0v) is 14.0. The van der Waals surface area contributed by atoms with Crippen LogP contribution in [0.3, 0.4) is 0 Å². The van der Waals surface area contributed by atoms with Crippen LogP contribution in [0.25, 0.3) is 0 Å². The van der Waals surface area contributed by atoms with E-state index in [-0.39, 0.29) is 0 Å². The molecule has 0 saturated heterocycles. The first-order valence-corrected chi connectivity index (χ1v) is 7.97.